The summed E-state index contributed by atoms with van der Waals surface area (Å²) in [6.07, 6.45) is 3.68. The van der Waals surface area contributed by atoms with Crippen molar-refractivity contribution in [1.29, 1.82) is 0 Å². The van der Waals surface area contributed by atoms with Crippen LogP contribution in [-0.2, 0) is 18.8 Å². The minimum absolute atomic E-state index is 0. The second-order valence-corrected chi connectivity index (χ2v) is 19.1. The Kier molecular flexibility index (Phi) is 16.0. The molecule has 0 bridgehead atoms. The molecule has 0 saturated carbocycles. The number of aromatic nitrogens is 4. The molecule has 16 heteroatoms. The largest absolute Gasteiger partial charge is 0.494 e. The third-order valence-electron chi connectivity index (χ3n) is 12.8. The van der Waals surface area contributed by atoms with Gasteiger partial charge in [-0.15, -0.1) is 0 Å². The van der Waals surface area contributed by atoms with E-state index in [1.807, 2.05) is 119 Å². The third-order valence-corrected chi connectivity index (χ3v) is 13.4. The molecule has 0 unspecified atom stereocenters. The molecule has 3 saturated heterocycles. The fourth-order valence-electron chi connectivity index (χ4n) is 8.23. The van der Waals surface area contributed by atoms with Gasteiger partial charge in [0, 0.05) is 93.5 Å². The van der Waals surface area contributed by atoms with Gasteiger partial charge in [-0.05, 0) is 134 Å². The van der Waals surface area contributed by atoms with Crippen molar-refractivity contribution in [3.63, 3.8) is 0 Å². The first kappa shape index (κ1) is 50.6. The average Bonchev–Trinajstić information content (AvgIpc) is 3.60. The summed E-state index contributed by atoms with van der Waals surface area (Å²) in [6, 6.07) is 44.2. The number of morpholine rings is 2. The van der Waals surface area contributed by atoms with Gasteiger partial charge in [0.15, 0.2) is 0 Å². The summed E-state index contributed by atoms with van der Waals surface area (Å²) in [7, 11) is -0.325. The number of hydrogen-bond donors (Lipinski definition) is 4. The summed E-state index contributed by atoms with van der Waals surface area (Å²) in [6.45, 7) is 15.0. The number of nitrogens with one attached hydrogen (secondary N) is 2. The lowest BCUT2D eigenvalue weighted by molar-refractivity contribution is 0.00578. The summed E-state index contributed by atoms with van der Waals surface area (Å²) < 4.78 is 23.6. The third kappa shape index (κ3) is 12.4. The SMILES string of the molecule is Brc1cccc2cnc(Nc3ccc(N4CCOCC4)cc3)nc12.C.CC1(C)OB(c2cccc(N)c2)OC1(C)C.Nc1cccc(-c2cccc3cnc(Nc4ccc(N5CCOCC5)cc4)nc23)c1. The van der Waals surface area contributed by atoms with Crippen LogP contribution < -0.4 is 37.4 Å². The molecule has 5 heterocycles. The Labute approximate surface area is 425 Å². The molecule has 0 amide bonds. The van der Waals surface area contributed by atoms with Crippen molar-refractivity contribution in [3.8, 4) is 11.1 Å². The minimum atomic E-state index is -0.325. The standard InChI is InChI=1S/C24H23N5O.C18H17BrN4O.C12H18BNO2.CH4/c25-19-5-1-3-17(15-19)22-6-2-4-18-16-26-24(28-23(18)22)27-20-7-9-21(10-8-20)29-11-13-30-14-12-29;19-16-3-1-2-13-12-20-18(22-17(13)16)21-14-4-6-15(7-5-14)23-8-10-24-11-9-23;1-11(2)12(3,4)16-13(15-11)9-6-5-7-10(14)8-9;/h1-10,15-16H,11-14,25H2,(H,26,27,28);1-7,12H,8-11H2,(H,20,21,22);5-8H,14H2,1-4H3;1H4. The van der Waals surface area contributed by atoms with Gasteiger partial charge in [-0.3, -0.25) is 0 Å². The van der Waals surface area contributed by atoms with Crippen molar-refractivity contribution >= 4 is 96.3 Å². The number of rotatable bonds is 8. The Morgan fingerprint density at radius 1 is 0.563 bits per heavy atom. The highest BCUT2D eigenvalue weighted by atomic mass is 79.9. The molecule has 0 radical (unpaired) electrons. The molecule has 2 aromatic heterocycles. The summed E-state index contributed by atoms with van der Waals surface area (Å²) in [5.41, 5.74) is 21.8. The Morgan fingerprint density at radius 3 is 1.55 bits per heavy atom. The van der Waals surface area contributed by atoms with Crippen molar-refractivity contribution in [1.82, 2.24) is 19.9 Å². The van der Waals surface area contributed by atoms with Crippen LogP contribution in [0.15, 0.2) is 150 Å². The molecule has 11 rings (SSSR count). The summed E-state index contributed by atoms with van der Waals surface area (Å²) >= 11 is 3.54. The molecule has 366 valence electrons. The van der Waals surface area contributed by atoms with Crippen LogP contribution in [0.4, 0.5) is 46.0 Å². The average molecular weight is 1020 g/mol. The molecule has 3 aliphatic rings. The van der Waals surface area contributed by atoms with Crippen LogP contribution >= 0.6 is 15.9 Å². The zero-order valence-corrected chi connectivity index (χ0v) is 41.5. The highest BCUT2D eigenvalue weighted by molar-refractivity contribution is 9.10. The first-order chi connectivity index (χ1) is 33.9. The second-order valence-electron chi connectivity index (χ2n) is 18.2. The normalized spacial score (nSPS) is 16.0. The second kappa shape index (κ2) is 22.5. The first-order valence-corrected chi connectivity index (χ1v) is 24.3. The highest BCUT2D eigenvalue weighted by Gasteiger charge is 2.51. The predicted molar refractivity (Wildman–Crippen MR) is 295 cm³/mol. The van der Waals surface area contributed by atoms with Crippen molar-refractivity contribution < 1.29 is 18.8 Å². The van der Waals surface area contributed by atoms with E-state index in [4.69, 9.17) is 35.2 Å². The zero-order valence-electron chi connectivity index (χ0n) is 39.9. The molecule has 0 aliphatic carbocycles. The van der Waals surface area contributed by atoms with Crippen molar-refractivity contribution in [2.24, 2.45) is 0 Å². The van der Waals surface area contributed by atoms with E-state index >= 15 is 0 Å². The van der Waals surface area contributed by atoms with E-state index in [-0.39, 0.29) is 25.7 Å². The van der Waals surface area contributed by atoms with E-state index in [1.165, 1.54) is 11.4 Å². The fourth-order valence-corrected chi connectivity index (χ4v) is 8.70. The zero-order chi connectivity index (χ0) is 48.7. The van der Waals surface area contributed by atoms with Crippen LogP contribution in [0.5, 0.6) is 0 Å². The van der Waals surface area contributed by atoms with Gasteiger partial charge in [0.1, 0.15) is 0 Å². The van der Waals surface area contributed by atoms with Crippen LogP contribution in [0.3, 0.4) is 0 Å². The number of fused-ring (bicyclic) bond motifs is 2. The number of hydrogen-bond acceptors (Lipinski definition) is 14. The monoisotopic (exact) mass is 1020 g/mol. The van der Waals surface area contributed by atoms with Crippen molar-refractivity contribution in [2.45, 2.75) is 46.3 Å². The molecule has 6 aromatic carbocycles. The topological polar surface area (TPSA) is 171 Å². The lowest BCUT2D eigenvalue weighted by Gasteiger charge is -2.32. The maximum Gasteiger partial charge on any atom is 0.494 e. The Morgan fingerprint density at radius 2 is 1.03 bits per heavy atom. The van der Waals surface area contributed by atoms with Crippen molar-refractivity contribution in [2.75, 3.05) is 84.5 Å². The molecular weight excluding hydrogens is 955 g/mol. The molecular formula is C55H62BBrN10O4. The number of benzene rings is 6. The van der Waals surface area contributed by atoms with Gasteiger partial charge in [-0.2, -0.15) is 0 Å². The predicted octanol–water partition coefficient (Wildman–Crippen LogP) is 10.6. The summed E-state index contributed by atoms with van der Waals surface area (Å²) in [4.78, 5) is 22.9. The number of halogens is 1. The molecule has 3 aliphatic heterocycles. The lowest BCUT2D eigenvalue weighted by Crippen LogP contribution is -2.41. The van der Waals surface area contributed by atoms with Gasteiger partial charge in [0.2, 0.25) is 11.9 Å². The van der Waals surface area contributed by atoms with Gasteiger partial charge in [0.25, 0.3) is 0 Å². The van der Waals surface area contributed by atoms with Gasteiger partial charge in [0.05, 0.1) is 48.7 Å². The number of para-hydroxylation sites is 2. The molecule has 14 nitrogen and oxygen atoms in total. The number of nitrogen functional groups attached to an aromatic ring is 2. The summed E-state index contributed by atoms with van der Waals surface area (Å²) in [5.74, 6) is 1.16. The van der Waals surface area contributed by atoms with Crippen LogP contribution in [0.1, 0.15) is 35.1 Å². The molecule has 3 fully saturated rings. The fraction of sp³-hybridized carbons (Fsp3) is 0.273. The number of ether oxygens (including phenoxy) is 2. The molecule has 8 aromatic rings. The van der Waals surface area contributed by atoms with Crippen LogP contribution in [0, 0.1) is 0 Å². The van der Waals surface area contributed by atoms with Gasteiger partial charge < -0.3 is 50.7 Å². The van der Waals surface area contributed by atoms with E-state index in [2.05, 4.69) is 106 Å². The van der Waals surface area contributed by atoms with Crippen LogP contribution in [0.25, 0.3) is 32.9 Å². The quantitative estimate of drug-likeness (QED) is 0.0837. The van der Waals surface area contributed by atoms with E-state index in [0.29, 0.717) is 11.9 Å². The van der Waals surface area contributed by atoms with Crippen LogP contribution in [-0.4, -0.2) is 90.9 Å². The van der Waals surface area contributed by atoms with Gasteiger partial charge >= 0.3 is 7.12 Å². The van der Waals surface area contributed by atoms with Crippen LogP contribution in [0.2, 0.25) is 0 Å². The van der Waals surface area contributed by atoms with Gasteiger partial charge in [-0.1, -0.05) is 62.0 Å². The van der Waals surface area contributed by atoms with E-state index < -0.39 is 0 Å². The lowest BCUT2D eigenvalue weighted by atomic mass is 9.79. The van der Waals surface area contributed by atoms with E-state index in [9.17, 15) is 0 Å². The minimum Gasteiger partial charge on any atom is -0.399 e. The molecule has 71 heavy (non-hydrogen) atoms. The Balaban J connectivity index is 0.000000148. The number of anilines is 8. The maximum atomic E-state index is 5.98. The van der Waals surface area contributed by atoms with E-state index in [0.717, 1.165) is 118 Å². The molecule has 6 N–H and O–H groups in total. The number of nitrogens with zero attached hydrogens (tertiary/aromatic N) is 6. The Hall–Kier alpha value is -6.82. The highest BCUT2D eigenvalue weighted by Crippen LogP contribution is 2.37. The molecule has 0 spiro atoms. The summed E-state index contributed by atoms with van der Waals surface area (Å²) in [5, 5.41) is 8.59. The van der Waals surface area contributed by atoms with Gasteiger partial charge in [-0.25, -0.2) is 19.9 Å². The number of nitrogens with two attached hydrogens (primary N) is 2. The van der Waals surface area contributed by atoms with E-state index in [1.54, 1.807) is 0 Å². The van der Waals surface area contributed by atoms with Crippen molar-refractivity contribution in [3.05, 3.63) is 150 Å². The Bertz CT molecular complexity index is 3030. The first-order valence-electron chi connectivity index (χ1n) is 23.5. The smallest absolute Gasteiger partial charge is 0.399 e. The maximum absolute atomic E-state index is 5.98. The molecule has 0 atom stereocenters.